The lowest BCUT2D eigenvalue weighted by molar-refractivity contribution is -0.134. The SMILES string of the molecule is Cn1cc(CC(=O)N2C3CCC2CC(S(=O)(=O)c2ccccc2)C3)c2ccccc21. The van der Waals surface area contributed by atoms with Gasteiger partial charge in [0.15, 0.2) is 9.84 Å². The Morgan fingerprint density at radius 1 is 0.967 bits per heavy atom. The van der Waals surface area contributed by atoms with Crippen molar-refractivity contribution in [3.05, 3.63) is 66.4 Å². The van der Waals surface area contributed by atoms with Crippen molar-refractivity contribution in [3.8, 4) is 0 Å². The summed E-state index contributed by atoms with van der Waals surface area (Å²) in [4.78, 5) is 15.7. The largest absolute Gasteiger partial charge is 0.350 e. The summed E-state index contributed by atoms with van der Waals surface area (Å²) in [7, 11) is -1.36. The maximum absolute atomic E-state index is 13.3. The fourth-order valence-electron chi connectivity index (χ4n) is 5.41. The summed E-state index contributed by atoms with van der Waals surface area (Å²) in [5.74, 6) is 0.120. The predicted octanol–water partition coefficient (Wildman–Crippen LogP) is 3.72. The summed E-state index contributed by atoms with van der Waals surface area (Å²) >= 11 is 0. The number of aryl methyl sites for hydroxylation is 1. The van der Waals surface area contributed by atoms with Crippen molar-refractivity contribution in [3.63, 3.8) is 0 Å². The van der Waals surface area contributed by atoms with Crippen molar-refractivity contribution >= 4 is 26.6 Å². The lowest BCUT2D eigenvalue weighted by Gasteiger charge is -2.38. The molecule has 2 aliphatic heterocycles. The fraction of sp³-hybridized carbons (Fsp3) is 0.375. The maximum Gasteiger partial charge on any atom is 0.227 e. The van der Waals surface area contributed by atoms with Gasteiger partial charge in [-0.2, -0.15) is 0 Å². The smallest absolute Gasteiger partial charge is 0.227 e. The van der Waals surface area contributed by atoms with E-state index in [1.165, 1.54) is 0 Å². The Balaban J connectivity index is 1.36. The van der Waals surface area contributed by atoms with E-state index in [4.69, 9.17) is 0 Å². The van der Waals surface area contributed by atoms with Gasteiger partial charge in [-0.05, 0) is 49.4 Å². The first-order chi connectivity index (χ1) is 14.4. The zero-order valence-corrected chi connectivity index (χ0v) is 17.9. The minimum atomic E-state index is -3.36. The molecule has 2 unspecified atom stereocenters. The van der Waals surface area contributed by atoms with Gasteiger partial charge in [-0.25, -0.2) is 8.42 Å². The minimum absolute atomic E-state index is 0.0229. The Labute approximate surface area is 177 Å². The second-order valence-electron chi connectivity index (χ2n) is 8.60. The van der Waals surface area contributed by atoms with Crippen LogP contribution in [0, 0.1) is 0 Å². The summed E-state index contributed by atoms with van der Waals surface area (Å²) in [6.45, 7) is 0. The Kier molecular flexibility index (Phi) is 4.69. The van der Waals surface area contributed by atoms with Crippen LogP contribution in [-0.2, 0) is 28.1 Å². The summed E-state index contributed by atoms with van der Waals surface area (Å²) in [5, 5.41) is 0.709. The predicted molar refractivity (Wildman–Crippen MR) is 117 cm³/mol. The number of amides is 1. The monoisotopic (exact) mass is 422 g/mol. The van der Waals surface area contributed by atoms with E-state index in [2.05, 4.69) is 16.7 Å². The molecule has 1 aromatic heterocycles. The van der Waals surface area contributed by atoms with Gasteiger partial charge in [-0.15, -0.1) is 0 Å². The number of rotatable bonds is 4. The molecule has 6 heteroatoms. The van der Waals surface area contributed by atoms with E-state index in [-0.39, 0.29) is 18.0 Å². The van der Waals surface area contributed by atoms with Crippen molar-refractivity contribution in [2.75, 3.05) is 0 Å². The van der Waals surface area contributed by atoms with Crippen molar-refractivity contribution in [2.24, 2.45) is 7.05 Å². The molecular formula is C24H26N2O3S. The molecule has 0 N–H and O–H groups in total. The number of carbonyl (C=O) groups is 1. The molecule has 156 valence electrons. The Bertz CT molecular complexity index is 1190. The molecule has 0 radical (unpaired) electrons. The molecule has 3 aromatic rings. The van der Waals surface area contributed by atoms with Crippen LogP contribution in [0.15, 0.2) is 65.7 Å². The molecule has 2 fully saturated rings. The van der Waals surface area contributed by atoms with E-state index in [0.717, 1.165) is 29.3 Å². The van der Waals surface area contributed by atoms with E-state index in [1.807, 2.05) is 36.3 Å². The number of hydrogen-bond donors (Lipinski definition) is 0. The van der Waals surface area contributed by atoms with Gasteiger partial charge >= 0.3 is 0 Å². The molecule has 2 aromatic carbocycles. The molecule has 0 saturated carbocycles. The number of hydrogen-bond acceptors (Lipinski definition) is 3. The molecule has 2 aliphatic rings. The quantitative estimate of drug-likeness (QED) is 0.644. The summed E-state index contributed by atoms with van der Waals surface area (Å²) in [5.41, 5.74) is 2.16. The van der Waals surface area contributed by atoms with Gasteiger partial charge in [-0.1, -0.05) is 36.4 Å². The van der Waals surface area contributed by atoms with Gasteiger partial charge in [0, 0.05) is 36.2 Å². The number of nitrogens with zero attached hydrogens (tertiary/aromatic N) is 2. The van der Waals surface area contributed by atoms with Crippen molar-refractivity contribution < 1.29 is 13.2 Å². The lowest BCUT2D eigenvalue weighted by Crippen LogP contribution is -2.50. The van der Waals surface area contributed by atoms with Crippen LogP contribution in [-0.4, -0.2) is 41.1 Å². The third-order valence-electron chi connectivity index (χ3n) is 6.81. The maximum atomic E-state index is 13.3. The number of aromatic nitrogens is 1. The fourth-order valence-corrected chi connectivity index (χ4v) is 7.28. The topological polar surface area (TPSA) is 59.4 Å². The van der Waals surface area contributed by atoms with Gasteiger partial charge in [-0.3, -0.25) is 4.79 Å². The third kappa shape index (κ3) is 3.14. The lowest BCUT2D eigenvalue weighted by atomic mass is 10.0. The molecule has 5 nitrogen and oxygen atoms in total. The minimum Gasteiger partial charge on any atom is -0.350 e. The highest BCUT2D eigenvalue weighted by Crippen LogP contribution is 2.40. The highest BCUT2D eigenvalue weighted by Gasteiger charge is 2.47. The van der Waals surface area contributed by atoms with E-state index in [1.54, 1.807) is 24.3 Å². The molecule has 5 rings (SSSR count). The number of fused-ring (bicyclic) bond motifs is 3. The van der Waals surface area contributed by atoms with Crippen LogP contribution in [0.4, 0.5) is 0 Å². The van der Waals surface area contributed by atoms with Crippen LogP contribution in [0.25, 0.3) is 10.9 Å². The second kappa shape index (κ2) is 7.27. The molecule has 2 saturated heterocycles. The Hall–Kier alpha value is -2.60. The number of para-hydroxylation sites is 1. The zero-order chi connectivity index (χ0) is 20.9. The van der Waals surface area contributed by atoms with Crippen molar-refractivity contribution in [1.29, 1.82) is 0 Å². The van der Waals surface area contributed by atoms with Crippen molar-refractivity contribution in [1.82, 2.24) is 9.47 Å². The number of piperidine rings is 1. The third-order valence-corrected chi connectivity index (χ3v) is 9.00. The molecular weight excluding hydrogens is 396 g/mol. The van der Waals surface area contributed by atoms with Gasteiger partial charge in [0.25, 0.3) is 0 Å². The molecule has 0 aliphatic carbocycles. The normalized spacial score (nSPS) is 23.8. The summed E-state index contributed by atoms with van der Waals surface area (Å²) < 4.78 is 28.3. The molecule has 1 amide bonds. The number of carbonyl (C=O) groups excluding carboxylic acids is 1. The molecule has 2 atom stereocenters. The van der Waals surface area contributed by atoms with E-state index < -0.39 is 15.1 Å². The Morgan fingerprint density at radius 2 is 1.60 bits per heavy atom. The van der Waals surface area contributed by atoms with Gasteiger partial charge in [0.1, 0.15) is 0 Å². The number of benzene rings is 2. The van der Waals surface area contributed by atoms with Gasteiger partial charge in [0.2, 0.25) is 5.91 Å². The second-order valence-corrected chi connectivity index (χ2v) is 10.8. The van der Waals surface area contributed by atoms with Gasteiger partial charge < -0.3 is 9.47 Å². The first-order valence-electron chi connectivity index (χ1n) is 10.6. The Morgan fingerprint density at radius 3 is 2.30 bits per heavy atom. The van der Waals surface area contributed by atoms with Crippen LogP contribution >= 0.6 is 0 Å². The van der Waals surface area contributed by atoms with Gasteiger partial charge in [0.05, 0.1) is 16.6 Å². The molecule has 2 bridgehead atoms. The summed E-state index contributed by atoms with van der Waals surface area (Å²) in [6.07, 6.45) is 5.27. The van der Waals surface area contributed by atoms with Crippen molar-refractivity contribution in [2.45, 2.75) is 54.3 Å². The first kappa shape index (κ1) is 19.4. The average molecular weight is 423 g/mol. The standard InChI is InChI=1S/C24H26N2O3S/c1-25-16-17(22-9-5-6-10-23(22)25)13-24(27)26-18-11-12-19(26)15-21(14-18)30(28,29)20-7-3-2-4-8-20/h2-10,16,18-19,21H,11-15H2,1H3. The molecule has 0 spiro atoms. The average Bonchev–Trinajstić information content (AvgIpc) is 3.21. The zero-order valence-electron chi connectivity index (χ0n) is 17.1. The van der Waals surface area contributed by atoms with Crippen LogP contribution < -0.4 is 0 Å². The summed E-state index contributed by atoms with van der Waals surface area (Å²) in [6, 6.07) is 16.9. The van der Waals surface area contributed by atoms with Crippen LogP contribution in [0.5, 0.6) is 0 Å². The highest BCUT2D eigenvalue weighted by atomic mass is 32.2. The van der Waals surface area contributed by atoms with E-state index in [0.29, 0.717) is 24.2 Å². The highest BCUT2D eigenvalue weighted by molar-refractivity contribution is 7.92. The van der Waals surface area contributed by atoms with Crippen LogP contribution in [0.1, 0.15) is 31.2 Å². The molecule has 3 heterocycles. The van der Waals surface area contributed by atoms with Crippen LogP contribution in [0.3, 0.4) is 0 Å². The first-order valence-corrected chi connectivity index (χ1v) is 12.1. The molecule has 30 heavy (non-hydrogen) atoms. The van der Waals surface area contributed by atoms with E-state index in [9.17, 15) is 13.2 Å². The number of sulfone groups is 1. The van der Waals surface area contributed by atoms with E-state index >= 15 is 0 Å². The van der Waals surface area contributed by atoms with Crippen LogP contribution in [0.2, 0.25) is 0 Å².